The van der Waals surface area contributed by atoms with E-state index >= 15 is 0 Å². The molecule has 0 bridgehead atoms. The largest absolute Gasteiger partial charge is 0.423 e. The Bertz CT molecular complexity index is 976. The lowest BCUT2D eigenvalue weighted by atomic mass is 9.95. The predicted octanol–water partition coefficient (Wildman–Crippen LogP) is 2.74. The molecule has 0 spiro atoms. The highest BCUT2D eigenvalue weighted by molar-refractivity contribution is 5.82. The number of hydrogen-bond acceptors (Lipinski definition) is 5. The summed E-state index contributed by atoms with van der Waals surface area (Å²) in [7, 11) is 0. The van der Waals surface area contributed by atoms with Crippen molar-refractivity contribution in [3.05, 3.63) is 57.5 Å². The van der Waals surface area contributed by atoms with Crippen LogP contribution >= 0.6 is 0 Å². The summed E-state index contributed by atoms with van der Waals surface area (Å²) >= 11 is 0. The van der Waals surface area contributed by atoms with Gasteiger partial charge in [0, 0.05) is 11.5 Å². The summed E-state index contributed by atoms with van der Waals surface area (Å²) in [5.41, 5.74) is 3.27. The second-order valence-electron chi connectivity index (χ2n) is 5.83. The Morgan fingerprint density at radius 1 is 1.35 bits per heavy atom. The number of aromatic nitrogens is 3. The maximum Gasteiger partial charge on any atom is 0.336 e. The Balaban J connectivity index is 2.16. The highest BCUT2D eigenvalue weighted by Gasteiger charge is 2.12. The number of aryl methyl sites for hydroxylation is 1. The van der Waals surface area contributed by atoms with E-state index in [1.165, 1.54) is 18.0 Å². The van der Waals surface area contributed by atoms with Gasteiger partial charge in [0.05, 0.1) is 6.54 Å². The Hall–Kier alpha value is -2.94. The van der Waals surface area contributed by atoms with Crippen LogP contribution in [0.1, 0.15) is 42.3 Å². The van der Waals surface area contributed by atoms with Crippen LogP contribution in [0.2, 0.25) is 0 Å². The lowest BCUT2D eigenvalue weighted by molar-refractivity contribution is 0.555. The molecule has 0 aliphatic carbocycles. The van der Waals surface area contributed by atoms with Gasteiger partial charge < -0.3 is 4.42 Å². The Morgan fingerprint density at radius 2 is 2.13 bits per heavy atom. The molecular formula is C17H16N4O2. The van der Waals surface area contributed by atoms with Crippen molar-refractivity contribution in [2.24, 2.45) is 0 Å². The van der Waals surface area contributed by atoms with Gasteiger partial charge >= 0.3 is 5.63 Å². The Labute approximate surface area is 133 Å². The molecule has 0 amide bonds. The Morgan fingerprint density at radius 3 is 2.78 bits per heavy atom. The van der Waals surface area contributed by atoms with Gasteiger partial charge in [0.2, 0.25) is 0 Å². The first-order valence-electron chi connectivity index (χ1n) is 7.34. The van der Waals surface area contributed by atoms with Gasteiger partial charge in [0.25, 0.3) is 5.82 Å². The average molecular weight is 308 g/mol. The van der Waals surface area contributed by atoms with Crippen LogP contribution in [0, 0.1) is 18.3 Å². The zero-order valence-electron chi connectivity index (χ0n) is 13.2. The summed E-state index contributed by atoms with van der Waals surface area (Å²) in [6, 6.07) is 7.32. The summed E-state index contributed by atoms with van der Waals surface area (Å²) in [6.45, 7) is 6.63. The SMILES string of the molecule is Cc1cc2oc(=O)cc(Cn3cnc(C#N)n3)c2cc1C(C)C. The fourth-order valence-electron chi connectivity index (χ4n) is 2.74. The molecule has 0 atom stereocenters. The van der Waals surface area contributed by atoms with E-state index in [0.29, 0.717) is 18.0 Å². The van der Waals surface area contributed by atoms with Crippen LogP contribution in [0.3, 0.4) is 0 Å². The van der Waals surface area contributed by atoms with Gasteiger partial charge in [-0.1, -0.05) is 13.8 Å². The zero-order valence-corrected chi connectivity index (χ0v) is 13.2. The number of fused-ring (bicyclic) bond motifs is 1. The Kier molecular flexibility index (Phi) is 3.70. The second-order valence-corrected chi connectivity index (χ2v) is 5.83. The van der Waals surface area contributed by atoms with E-state index < -0.39 is 5.63 Å². The summed E-state index contributed by atoms with van der Waals surface area (Å²) in [5, 5.41) is 13.7. The fourth-order valence-corrected chi connectivity index (χ4v) is 2.74. The van der Waals surface area contributed by atoms with Gasteiger partial charge in [-0.2, -0.15) is 5.26 Å². The number of hydrogen-bond donors (Lipinski definition) is 0. The quantitative estimate of drug-likeness (QED) is 0.694. The third kappa shape index (κ3) is 2.86. The number of nitrogens with zero attached hydrogens (tertiary/aromatic N) is 4. The lowest BCUT2D eigenvalue weighted by Crippen LogP contribution is -2.07. The monoisotopic (exact) mass is 308 g/mol. The third-order valence-electron chi connectivity index (χ3n) is 3.81. The van der Waals surface area contributed by atoms with Crippen LogP contribution in [0.25, 0.3) is 11.0 Å². The number of benzene rings is 1. The van der Waals surface area contributed by atoms with Gasteiger partial charge in [-0.05, 0) is 41.7 Å². The molecule has 6 nitrogen and oxygen atoms in total. The van der Waals surface area contributed by atoms with Crippen LogP contribution in [0.15, 0.2) is 33.7 Å². The average Bonchev–Trinajstić information content (AvgIpc) is 2.93. The summed E-state index contributed by atoms with van der Waals surface area (Å²) in [5.74, 6) is 0.478. The summed E-state index contributed by atoms with van der Waals surface area (Å²) in [4.78, 5) is 15.7. The first-order chi connectivity index (χ1) is 11.0. The molecule has 0 aliphatic rings. The van der Waals surface area contributed by atoms with Gasteiger partial charge in [-0.15, -0.1) is 5.10 Å². The minimum Gasteiger partial charge on any atom is -0.423 e. The van der Waals surface area contributed by atoms with Crippen molar-refractivity contribution in [2.45, 2.75) is 33.2 Å². The van der Waals surface area contributed by atoms with E-state index in [4.69, 9.17) is 9.68 Å². The normalized spacial score (nSPS) is 11.1. The van der Waals surface area contributed by atoms with Crippen LogP contribution in [0.5, 0.6) is 0 Å². The smallest absolute Gasteiger partial charge is 0.336 e. The van der Waals surface area contributed by atoms with Crippen molar-refractivity contribution >= 4 is 11.0 Å². The first kappa shape index (κ1) is 15.0. The summed E-state index contributed by atoms with van der Waals surface area (Å²) < 4.78 is 6.87. The molecule has 6 heteroatoms. The molecule has 0 radical (unpaired) electrons. The van der Waals surface area contributed by atoms with E-state index in [9.17, 15) is 4.79 Å². The molecule has 0 N–H and O–H groups in total. The predicted molar refractivity (Wildman–Crippen MR) is 85.1 cm³/mol. The maximum absolute atomic E-state index is 11.8. The van der Waals surface area contributed by atoms with Crippen molar-refractivity contribution in [3.63, 3.8) is 0 Å². The molecule has 3 aromatic rings. The van der Waals surface area contributed by atoms with Crippen LogP contribution < -0.4 is 5.63 Å². The lowest BCUT2D eigenvalue weighted by Gasteiger charge is -2.13. The standard InChI is InChI=1S/C17H16N4O2/c1-10(2)13-6-14-12(8-21-9-19-16(7-18)20-21)5-17(22)23-15(14)4-11(13)3/h4-6,9-10H,8H2,1-3H3. The number of rotatable bonds is 3. The van der Waals surface area contributed by atoms with E-state index in [2.05, 4.69) is 30.0 Å². The van der Waals surface area contributed by atoms with Crippen LogP contribution in [-0.2, 0) is 6.54 Å². The molecule has 0 unspecified atom stereocenters. The molecule has 2 heterocycles. The van der Waals surface area contributed by atoms with E-state index in [1.807, 2.05) is 19.1 Å². The zero-order chi connectivity index (χ0) is 16.6. The molecule has 0 saturated carbocycles. The molecule has 116 valence electrons. The van der Waals surface area contributed by atoms with Gasteiger partial charge in [-0.25, -0.2) is 14.5 Å². The molecular weight excluding hydrogens is 292 g/mol. The maximum atomic E-state index is 11.8. The molecule has 0 aliphatic heterocycles. The first-order valence-corrected chi connectivity index (χ1v) is 7.34. The van der Waals surface area contributed by atoms with Crippen LogP contribution in [0.4, 0.5) is 0 Å². The van der Waals surface area contributed by atoms with Crippen molar-refractivity contribution in [1.29, 1.82) is 5.26 Å². The molecule has 0 fully saturated rings. The molecule has 0 saturated heterocycles. The van der Waals surface area contributed by atoms with Crippen LogP contribution in [-0.4, -0.2) is 14.8 Å². The third-order valence-corrected chi connectivity index (χ3v) is 3.81. The molecule has 3 rings (SSSR count). The topological polar surface area (TPSA) is 84.7 Å². The fraction of sp³-hybridized carbons (Fsp3) is 0.294. The highest BCUT2D eigenvalue weighted by atomic mass is 16.4. The van der Waals surface area contributed by atoms with Gasteiger partial charge in [-0.3, -0.25) is 0 Å². The second kappa shape index (κ2) is 5.69. The summed E-state index contributed by atoms with van der Waals surface area (Å²) in [6.07, 6.45) is 1.48. The molecule has 1 aromatic carbocycles. The van der Waals surface area contributed by atoms with Gasteiger partial charge in [0.15, 0.2) is 0 Å². The van der Waals surface area contributed by atoms with E-state index in [-0.39, 0.29) is 5.82 Å². The van der Waals surface area contributed by atoms with Gasteiger partial charge in [0.1, 0.15) is 18.0 Å². The van der Waals surface area contributed by atoms with Crippen molar-refractivity contribution in [1.82, 2.24) is 14.8 Å². The van der Waals surface area contributed by atoms with E-state index in [0.717, 1.165) is 16.5 Å². The van der Waals surface area contributed by atoms with Crippen molar-refractivity contribution in [3.8, 4) is 6.07 Å². The van der Waals surface area contributed by atoms with E-state index in [1.54, 1.807) is 4.68 Å². The van der Waals surface area contributed by atoms with Crippen molar-refractivity contribution < 1.29 is 4.42 Å². The number of nitriles is 1. The molecule has 23 heavy (non-hydrogen) atoms. The minimum absolute atomic E-state index is 0.107. The minimum atomic E-state index is -0.398. The van der Waals surface area contributed by atoms with Crippen molar-refractivity contribution in [2.75, 3.05) is 0 Å². The molecule has 2 aromatic heterocycles. The highest BCUT2D eigenvalue weighted by Crippen LogP contribution is 2.27.